The first-order valence-electron chi connectivity index (χ1n) is 11.2. The van der Waals surface area contributed by atoms with Crippen molar-refractivity contribution >= 4 is 45.4 Å². The Labute approximate surface area is 282 Å². The summed E-state index contributed by atoms with van der Waals surface area (Å²) in [6.07, 6.45) is 2.82. The first kappa shape index (κ1) is 48.7. The molecule has 3 N–H and O–H groups in total. The number of hydrogen-bond acceptors (Lipinski definition) is 9. The molecule has 0 aliphatic rings. The van der Waals surface area contributed by atoms with E-state index in [9.17, 15) is 14.4 Å². The number of ether oxygens (including phenoxy) is 4. The minimum Gasteiger partial charge on any atom is -0.508 e. The van der Waals surface area contributed by atoms with Crippen LogP contribution in [0.2, 0.25) is 0 Å². The van der Waals surface area contributed by atoms with Gasteiger partial charge in [-0.25, -0.2) is 4.79 Å². The van der Waals surface area contributed by atoms with Crippen molar-refractivity contribution < 1.29 is 88.1 Å². The van der Waals surface area contributed by atoms with Crippen LogP contribution in [0.1, 0.15) is 24.0 Å². The Morgan fingerprint density at radius 3 is 1.88 bits per heavy atom. The van der Waals surface area contributed by atoms with Gasteiger partial charge in [-0.05, 0) is 72.8 Å². The minimum atomic E-state index is -0.461. The third kappa shape index (κ3) is 28.5. The van der Waals surface area contributed by atoms with Gasteiger partial charge in [0.25, 0.3) is 0 Å². The van der Waals surface area contributed by atoms with Crippen molar-refractivity contribution in [3.05, 3.63) is 59.7 Å². The van der Waals surface area contributed by atoms with Crippen LogP contribution in [0.5, 0.6) is 11.5 Å². The van der Waals surface area contributed by atoms with Crippen molar-refractivity contribution in [1.82, 2.24) is 0 Å². The Morgan fingerprint density at radius 1 is 0.850 bits per heavy atom. The van der Waals surface area contributed by atoms with Crippen molar-refractivity contribution in [3.8, 4) is 11.5 Å². The number of phenolic OH excluding ortho intramolecular Hbond substituents is 1. The molecule has 0 atom stereocenters. The summed E-state index contributed by atoms with van der Waals surface area (Å²) in [4.78, 5) is 32.3. The SMILES string of the molecule is COCC(=O)CCCc1cccc(OC(=O)COC)c1.COCC(=O)Cl.NCCc1cccc(O)c1.[B].[B].[U].[V]. The number of hydrogen-bond donors (Lipinski definition) is 2. The van der Waals surface area contributed by atoms with E-state index in [1.165, 1.54) is 21.3 Å². The predicted octanol–water partition coefficient (Wildman–Crippen LogP) is 2.30. The Balaban J connectivity index is -0.000000173. The number of aromatic hydroxyl groups is 1. The van der Waals surface area contributed by atoms with Gasteiger partial charge in [-0.2, -0.15) is 0 Å². The average molecular weight is 837 g/mol. The summed E-state index contributed by atoms with van der Waals surface area (Å²) < 4.78 is 18.9. The number of benzene rings is 2. The first-order valence-corrected chi connectivity index (χ1v) is 11.6. The molecular formula is C26H36B2ClNO8UV. The number of methoxy groups -OCH3 is 3. The number of nitrogens with two attached hydrogens (primary N) is 1. The van der Waals surface area contributed by atoms with Crippen LogP contribution in [0.15, 0.2) is 48.5 Å². The second kappa shape index (κ2) is 32.5. The number of phenols is 1. The largest absolute Gasteiger partial charge is 0.508 e. The molecule has 2 rings (SSSR count). The van der Waals surface area contributed by atoms with Crippen molar-refractivity contribution in [2.75, 3.05) is 47.7 Å². The molecular weight excluding hydrogens is 800 g/mol. The number of ketones is 1. The molecule has 0 aromatic heterocycles. The molecule has 2 aromatic carbocycles. The van der Waals surface area contributed by atoms with E-state index in [2.05, 4.69) is 4.74 Å². The van der Waals surface area contributed by atoms with Crippen LogP contribution in [0.4, 0.5) is 0 Å². The maximum absolute atomic E-state index is 11.3. The van der Waals surface area contributed by atoms with Crippen LogP contribution in [-0.4, -0.2) is 86.6 Å². The second-order valence-electron chi connectivity index (χ2n) is 7.38. The number of carbonyl (C=O) groups is 3. The Kier molecular flexibility index (Phi) is 39.5. The van der Waals surface area contributed by atoms with Crippen molar-refractivity contribution in [3.63, 3.8) is 0 Å². The van der Waals surface area contributed by atoms with E-state index in [0.29, 0.717) is 24.5 Å². The fraction of sp³-hybridized carbons (Fsp3) is 0.423. The van der Waals surface area contributed by atoms with E-state index in [4.69, 9.17) is 36.7 Å². The maximum atomic E-state index is 11.3. The van der Waals surface area contributed by atoms with Crippen LogP contribution in [0.25, 0.3) is 0 Å². The molecule has 0 saturated heterocycles. The van der Waals surface area contributed by atoms with Gasteiger partial charge in [0.15, 0.2) is 5.78 Å². The Hall–Kier alpha value is -1.05. The molecule has 0 amide bonds. The molecule has 40 heavy (non-hydrogen) atoms. The molecule has 0 bridgehead atoms. The number of aryl methyl sites for hydroxylation is 1. The normalized spacial score (nSPS) is 8.82. The van der Waals surface area contributed by atoms with Crippen molar-refractivity contribution in [2.24, 2.45) is 5.73 Å². The van der Waals surface area contributed by atoms with Gasteiger partial charge in [0.05, 0.1) is 0 Å². The molecule has 0 saturated carbocycles. The van der Waals surface area contributed by atoms with Gasteiger partial charge < -0.3 is 29.8 Å². The van der Waals surface area contributed by atoms with Crippen LogP contribution < -0.4 is 10.5 Å². The number of halogens is 1. The summed E-state index contributed by atoms with van der Waals surface area (Å²) in [7, 11) is 4.37. The van der Waals surface area contributed by atoms with Crippen LogP contribution in [0, 0.1) is 31.1 Å². The van der Waals surface area contributed by atoms with Gasteiger partial charge in [-0.1, -0.05) is 24.3 Å². The molecule has 0 aliphatic carbocycles. The zero-order valence-electron chi connectivity index (χ0n) is 23.1. The number of rotatable bonds is 13. The van der Waals surface area contributed by atoms with Crippen molar-refractivity contribution in [2.45, 2.75) is 25.7 Å². The molecule has 0 unspecified atom stereocenters. The standard InChI is InChI=1S/C15H20O5.C8H11NO.C3H5ClO2.2B.U.V/c1-18-10-13(16)7-3-5-12-6-4-8-14(9-12)20-15(17)11-19-2;9-5-4-7-2-1-3-8(10)6-7;1-6-2-3(4)5;;;;/h4,6,8-9H,3,5,7,10-11H2,1-2H3;1-3,6,10H,4-5,9H2;2H2,1H3;;;;. The minimum absolute atomic E-state index is 0. The third-order valence-electron chi connectivity index (χ3n) is 4.22. The fourth-order valence-corrected chi connectivity index (χ4v) is 2.87. The number of carbonyl (C=O) groups excluding carboxylic acids is 3. The van der Waals surface area contributed by atoms with Gasteiger partial charge >= 0.3 is 5.97 Å². The van der Waals surface area contributed by atoms with E-state index >= 15 is 0 Å². The summed E-state index contributed by atoms with van der Waals surface area (Å²) in [5, 5.41) is 8.54. The molecule has 14 heteroatoms. The number of Topliss-reactive ketones (excluding diaryl/α,β-unsaturated/α-hetero) is 1. The average Bonchev–Trinajstić information content (AvgIpc) is 2.81. The topological polar surface area (TPSA) is 134 Å². The van der Waals surface area contributed by atoms with E-state index in [-0.39, 0.29) is 92.1 Å². The van der Waals surface area contributed by atoms with Crippen LogP contribution in [-0.2, 0) is 60.0 Å². The van der Waals surface area contributed by atoms with E-state index in [1.54, 1.807) is 24.3 Å². The first-order chi connectivity index (χ1) is 17.2. The van der Waals surface area contributed by atoms with Gasteiger partial charge in [0, 0.05) is 94.2 Å². The molecule has 0 heterocycles. The van der Waals surface area contributed by atoms with Crippen LogP contribution in [0.3, 0.4) is 0 Å². The quantitative estimate of drug-likeness (QED) is 0.135. The molecule has 2 aromatic rings. The zero-order chi connectivity index (χ0) is 27.2. The van der Waals surface area contributed by atoms with Gasteiger partial charge in [0.1, 0.15) is 31.3 Å². The third-order valence-corrected chi connectivity index (χ3v) is 4.33. The molecule has 9 nitrogen and oxygen atoms in total. The summed E-state index contributed by atoms with van der Waals surface area (Å²) in [6.45, 7) is 0.718. The molecule has 0 fully saturated rings. The van der Waals surface area contributed by atoms with Gasteiger partial charge in [-0.15, -0.1) is 0 Å². The Bertz CT molecular complexity index is 932. The maximum Gasteiger partial charge on any atom is 0.337 e. The smallest absolute Gasteiger partial charge is 0.337 e. The van der Waals surface area contributed by atoms with Crippen LogP contribution >= 0.6 is 11.6 Å². The Morgan fingerprint density at radius 2 is 1.40 bits per heavy atom. The zero-order valence-corrected chi connectivity index (χ0v) is 29.5. The van der Waals surface area contributed by atoms with E-state index < -0.39 is 11.2 Å². The summed E-state index contributed by atoms with van der Waals surface area (Å²) in [5.74, 6) is 0.466. The van der Waals surface area contributed by atoms with Gasteiger partial charge in [0.2, 0.25) is 5.24 Å². The predicted molar refractivity (Wildman–Crippen MR) is 149 cm³/mol. The molecule has 7 radical (unpaired) electrons. The molecule has 0 spiro atoms. The number of esters is 1. The van der Waals surface area contributed by atoms with E-state index in [0.717, 1.165) is 30.4 Å². The molecule has 215 valence electrons. The van der Waals surface area contributed by atoms with Gasteiger partial charge in [-0.3, -0.25) is 9.59 Å². The summed E-state index contributed by atoms with van der Waals surface area (Å²) in [6, 6.07) is 14.4. The monoisotopic (exact) mass is 836 g/mol. The summed E-state index contributed by atoms with van der Waals surface area (Å²) >= 11 is 4.81. The summed E-state index contributed by atoms with van der Waals surface area (Å²) in [5.41, 5.74) is 7.44. The molecule has 0 aliphatic heterocycles. The fourth-order valence-electron chi connectivity index (χ4n) is 2.76. The van der Waals surface area contributed by atoms with E-state index in [1.807, 2.05) is 24.3 Å². The van der Waals surface area contributed by atoms with Crippen molar-refractivity contribution in [1.29, 1.82) is 0 Å². The second-order valence-corrected chi connectivity index (χ2v) is 7.80.